The number of hydrogen-bond donors (Lipinski definition) is 0. The highest BCUT2D eigenvalue weighted by Gasteiger charge is 2.12. The van der Waals surface area contributed by atoms with Crippen LogP contribution in [0.25, 0.3) is 0 Å². The number of methoxy groups -OCH3 is 1. The van der Waals surface area contributed by atoms with Crippen LogP contribution in [0.1, 0.15) is 16.1 Å². The number of Topliss-reactive ketones (excluding diaryl/α,β-unsaturated/α-hetero) is 1. The molecule has 0 atom stereocenters. The number of nitrogens with zero attached hydrogens (tertiary/aromatic N) is 1. The lowest BCUT2D eigenvalue weighted by Crippen LogP contribution is -2.06. The fraction of sp³-hybridized carbons (Fsp3) is 0.143. The van der Waals surface area contributed by atoms with Gasteiger partial charge in [-0.3, -0.25) is 9.78 Å². The standard InChI is InChI=1S/C14H12BrNO2/c1-18-14-6-5-11(15)8-10(14)9-13(17)12-4-2-3-7-16-12/h2-8H,9H2,1H3. The molecule has 1 aromatic heterocycles. The average molecular weight is 306 g/mol. The van der Waals surface area contributed by atoms with Crippen molar-refractivity contribution in [2.24, 2.45) is 0 Å². The fourth-order valence-electron chi connectivity index (χ4n) is 1.68. The Morgan fingerprint density at radius 2 is 2.17 bits per heavy atom. The highest BCUT2D eigenvalue weighted by molar-refractivity contribution is 9.10. The van der Waals surface area contributed by atoms with Crippen molar-refractivity contribution in [2.45, 2.75) is 6.42 Å². The molecule has 0 saturated carbocycles. The molecule has 0 aliphatic heterocycles. The molecule has 0 aliphatic rings. The number of carbonyl (C=O) groups excluding carboxylic acids is 1. The molecule has 1 aromatic carbocycles. The number of carbonyl (C=O) groups is 1. The summed E-state index contributed by atoms with van der Waals surface area (Å²) in [5.74, 6) is 0.689. The van der Waals surface area contributed by atoms with Crippen LogP contribution < -0.4 is 4.74 Å². The zero-order valence-corrected chi connectivity index (χ0v) is 11.5. The second-order valence-corrected chi connectivity index (χ2v) is 4.69. The normalized spacial score (nSPS) is 10.1. The number of aromatic nitrogens is 1. The van der Waals surface area contributed by atoms with E-state index in [4.69, 9.17) is 4.74 Å². The summed E-state index contributed by atoms with van der Waals surface area (Å²) in [6.07, 6.45) is 1.89. The largest absolute Gasteiger partial charge is 0.496 e. The molecule has 0 bridgehead atoms. The van der Waals surface area contributed by atoms with Gasteiger partial charge >= 0.3 is 0 Å². The summed E-state index contributed by atoms with van der Waals surface area (Å²) in [6, 6.07) is 10.9. The van der Waals surface area contributed by atoms with Crippen molar-refractivity contribution in [1.29, 1.82) is 0 Å². The van der Waals surface area contributed by atoms with Crippen LogP contribution in [0.15, 0.2) is 47.1 Å². The number of ketones is 1. The molecule has 0 radical (unpaired) electrons. The molecule has 0 fully saturated rings. The average Bonchev–Trinajstić information content (AvgIpc) is 2.40. The second kappa shape index (κ2) is 5.78. The van der Waals surface area contributed by atoms with E-state index in [-0.39, 0.29) is 12.2 Å². The van der Waals surface area contributed by atoms with Crippen molar-refractivity contribution >= 4 is 21.7 Å². The van der Waals surface area contributed by atoms with E-state index < -0.39 is 0 Å². The molecule has 0 N–H and O–H groups in total. The Bertz CT molecular complexity index is 555. The molecule has 0 spiro atoms. The van der Waals surface area contributed by atoms with Crippen LogP contribution in [0.2, 0.25) is 0 Å². The Balaban J connectivity index is 2.24. The number of rotatable bonds is 4. The Hall–Kier alpha value is -1.68. The zero-order valence-electron chi connectivity index (χ0n) is 9.89. The van der Waals surface area contributed by atoms with Crippen molar-refractivity contribution in [1.82, 2.24) is 4.98 Å². The molecule has 0 aliphatic carbocycles. The number of benzene rings is 1. The van der Waals surface area contributed by atoms with Crippen LogP contribution in [0, 0.1) is 0 Å². The minimum absolute atomic E-state index is 0.0213. The molecule has 18 heavy (non-hydrogen) atoms. The Morgan fingerprint density at radius 1 is 1.33 bits per heavy atom. The number of hydrogen-bond acceptors (Lipinski definition) is 3. The highest BCUT2D eigenvalue weighted by Crippen LogP contribution is 2.24. The summed E-state index contributed by atoms with van der Waals surface area (Å²) >= 11 is 3.39. The molecule has 2 rings (SSSR count). The van der Waals surface area contributed by atoms with Gasteiger partial charge in [-0.1, -0.05) is 22.0 Å². The van der Waals surface area contributed by atoms with E-state index in [9.17, 15) is 4.79 Å². The number of pyridine rings is 1. The van der Waals surface area contributed by atoms with Gasteiger partial charge in [0.05, 0.1) is 7.11 Å². The summed E-state index contributed by atoms with van der Waals surface area (Å²) in [5.41, 5.74) is 1.32. The summed E-state index contributed by atoms with van der Waals surface area (Å²) in [6.45, 7) is 0. The van der Waals surface area contributed by atoms with Gasteiger partial charge in [0.2, 0.25) is 0 Å². The van der Waals surface area contributed by atoms with Gasteiger partial charge in [-0.15, -0.1) is 0 Å². The van der Waals surface area contributed by atoms with E-state index >= 15 is 0 Å². The van der Waals surface area contributed by atoms with E-state index in [1.807, 2.05) is 18.2 Å². The van der Waals surface area contributed by atoms with Crippen LogP contribution in [-0.2, 0) is 6.42 Å². The minimum atomic E-state index is -0.0213. The molecule has 4 heteroatoms. The van der Waals surface area contributed by atoms with Crippen LogP contribution in [0.5, 0.6) is 5.75 Å². The predicted molar refractivity (Wildman–Crippen MR) is 73.0 cm³/mol. The topological polar surface area (TPSA) is 39.2 Å². The molecule has 0 amide bonds. The van der Waals surface area contributed by atoms with Gasteiger partial charge in [-0.05, 0) is 30.3 Å². The molecular weight excluding hydrogens is 294 g/mol. The highest BCUT2D eigenvalue weighted by atomic mass is 79.9. The van der Waals surface area contributed by atoms with Gasteiger partial charge in [0.1, 0.15) is 11.4 Å². The summed E-state index contributed by atoms with van der Waals surface area (Å²) in [4.78, 5) is 16.1. The molecule has 3 nitrogen and oxygen atoms in total. The summed E-state index contributed by atoms with van der Waals surface area (Å²) in [7, 11) is 1.60. The molecule has 92 valence electrons. The van der Waals surface area contributed by atoms with Crippen molar-refractivity contribution in [3.63, 3.8) is 0 Å². The van der Waals surface area contributed by atoms with Crippen molar-refractivity contribution < 1.29 is 9.53 Å². The van der Waals surface area contributed by atoms with E-state index in [0.29, 0.717) is 11.4 Å². The SMILES string of the molecule is COc1ccc(Br)cc1CC(=O)c1ccccn1. The van der Waals surface area contributed by atoms with Gasteiger partial charge in [0.25, 0.3) is 0 Å². The third kappa shape index (κ3) is 2.96. The van der Waals surface area contributed by atoms with Crippen LogP contribution in [-0.4, -0.2) is 17.9 Å². The van der Waals surface area contributed by atoms with Crippen LogP contribution in [0.4, 0.5) is 0 Å². The first kappa shape index (κ1) is 12.8. The van der Waals surface area contributed by atoms with Gasteiger partial charge in [0, 0.05) is 22.7 Å². The van der Waals surface area contributed by atoms with E-state index in [1.54, 1.807) is 31.5 Å². The molecule has 2 aromatic rings. The molecule has 1 heterocycles. The number of ether oxygens (including phenoxy) is 1. The van der Waals surface area contributed by atoms with Gasteiger partial charge in [0.15, 0.2) is 5.78 Å². The minimum Gasteiger partial charge on any atom is -0.496 e. The van der Waals surface area contributed by atoms with Crippen molar-refractivity contribution in [3.05, 3.63) is 58.3 Å². The van der Waals surface area contributed by atoms with E-state index in [0.717, 1.165) is 10.0 Å². The Labute approximate surface area is 114 Å². The molecule has 0 saturated heterocycles. The summed E-state index contributed by atoms with van der Waals surface area (Å²) < 4.78 is 6.17. The Morgan fingerprint density at radius 3 is 2.83 bits per heavy atom. The summed E-state index contributed by atoms with van der Waals surface area (Å²) in [5, 5.41) is 0. The lowest BCUT2D eigenvalue weighted by atomic mass is 10.1. The predicted octanol–water partition coefficient (Wildman–Crippen LogP) is 3.28. The van der Waals surface area contributed by atoms with Crippen molar-refractivity contribution in [2.75, 3.05) is 7.11 Å². The monoisotopic (exact) mass is 305 g/mol. The third-order valence-electron chi connectivity index (χ3n) is 2.54. The van der Waals surface area contributed by atoms with Gasteiger partial charge in [-0.25, -0.2) is 0 Å². The van der Waals surface area contributed by atoms with E-state index in [1.165, 1.54) is 0 Å². The zero-order chi connectivity index (χ0) is 13.0. The van der Waals surface area contributed by atoms with Crippen LogP contribution in [0.3, 0.4) is 0 Å². The maximum atomic E-state index is 12.1. The van der Waals surface area contributed by atoms with E-state index in [2.05, 4.69) is 20.9 Å². The molecule has 0 unspecified atom stereocenters. The second-order valence-electron chi connectivity index (χ2n) is 3.77. The smallest absolute Gasteiger partial charge is 0.185 e. The quantitative estimate of drug-likeness (QED) is 0.814. The van der Waals surface area contributed by atoms with Gasteiger partial charge < -0.3 is 4.74 Å². The lowest BCUT2D eigenvalue weighted by molar-refractivity contribution is 0.0987. The third-order valence-corrected chi connectivity index (χ3v) is 3.04. The first-order valence-corrected chi connectivity index (χ1v) is 6.26. The van der Waals surface area contributed by atoms with Crippen LogP contribution >= 0.6 is 15.9 Å². The first-order valence-electron chi connectivity index (χ1n) is 5.47. The maximum Gasteiger partial charge on any atom is 0.185 e. The fourth-order valence-corrected chi connectivity index (χ4v) is 2.09. The molecular formula is C14H12BrNO2. The maximum absolute atomic E-state index is 12.1. The first-order chi connectivity index (χ1) is 8.70. The number of halogens is 1. The van der Waals surface area contributed by atoms with Crippen molar-refractivity contribution in [3.8, 4) is 5.75 Å². The Kier molecular flexibility index (Phi) is 4.10. The lowest BCUT2D eigenvalue weighted by Gasteiger charge is -2.08. The van der Waals surface area contributed by atoms with Gasteiger partial charge in [-0.2, -0.15) is 0 Å².